The van der Waals surface area contributed by atoms with Crippen molar-refractivity contribution in [1.82, 2.24) is 24.3 Å². The van der Waals surface area contributed by atoms with Gasteiger partial charge in [0.15, 0.2) is 0 Å². The van der Waals surface area contributed by atoms with Crippen molar-refractivity contribution in [2.75, 3.05) is 19.6 Å². The van der Waals surface area contributed by atoms with Gasteiger partial charge >= 0.3 is 0 Å². The molecule has 4 rings (SSSR count). The Balaban J connectivity index is 1.43. The predicted molar refractivity (Wildman–Crippen MR) is 87.9 cm³/mol. The van der Waals surface area contributed by atoms with Crippen LogP contribution in [-0.2, 0) is 6.54 Å². The lowest BCUT2D eigenvalue weighted by Gasteiger charge is -2.43. The van der Waals surface area contributed by atoms with E-state index in [9.17, 15) is 9.90 Å². The van der Waals surface area contributed by atoms with Crippen LogP contribution in [0.4, 0.5) is 0 Å². The summed E-state index contributed by atoms with van der Waals surface area (Å²) in [5, 5.41) is 21.6. The van der Waals surface area contributed by atoms with Crippen LogP contribution in [0.3, 0.4) is 0 Å². The van der Waals surface area contributed by atoms with Gasteiger partial charge in [0.25, 0.3) is 5.56 Å². The molecule has 0 unspecified atom stereocenters. The number of piperidine rings is 1. The zero-order valence-electron chi connectivity index (χ0n) is 13.3. The number of aromatic nitrogens is 4. The van der Waals surface area contributed by atoms with E-state index >= 15 is 0 Å². The average Bonchev–Trinajstić information content (AvgIpc) is 3.07. The van der Waals surface area contributed by atoms with Gasteiger partial charge in [-0.1, -0.05) is 6.07 Å². The van der Waals surface area contributed by atoms with Crippen molar-refractivity contribution < 1.29 is 5.11 Å². The fraction of sp³-hybridized carbons (Fsp3) is 0.500. The Hall–Kier alpha value is -2.32. The standard InChI is InChI=1S/C16H20N6O2/c23-14(5-19-21-10-17-18-11-21)9-20-6-12-4-13(8-20)15-2-1-3-16(24)22(15)7-12/h1-3,5,10-14,23H,4,6-9H2/b19-5-/t12-,13-,14+/m0/s1. The highest BCUT2D eigenvalue weighted by atomic mass is 16.3. The second kappa shape index (κ2) is 6.29. The van der Waals surface area contributed by atoms with Crippen molar-refractivity contribution in [3.8, 4) is 0 Å². The Morgan fingerprint density at radius 1 is 1.29 bits per heavy atom. The van der Waals surface area contributed by atoms with E-state index in [1.54, 1.807) is 6.07 Å². The zero-order valence-corrected chi connectivity index (χ0v) is 13.3. The Morgan fingerprint density at radius 3 is 2.96 bits per heavy atom. The molecule has 8 nitrogen and oxygen atoms in total. The molecule has 0 amide bonds. The molecule has 8 heteroatoms. The molecule has 24 heavy (non-hydrogen) atoms. The van der Waals surface area contributed by atoms with E-state index in [0.29, 0.717) is 18.4 Å². The van der Waals surface area contributed by atoms with E-state index in [0.717, 1.165) is 31.7 Å². The fourth-order valence-electron chi connectivity index (χ4n) is 3.87. The molecule has 0 aliphatic carbocycles. The number of pyridine rings is 1. The molecule has 0 aromatic carbocycles. The molecule has 2 bridgehead atoms. The molecular formula is C16H20N6O2. The number of nitrogens with zero attached hydrogens (tertiary/aromatic N) is 6. The average molecular weight is 328 g/mol. The summed E-state index contributed by atoms with van der Waals surface area (Å²) in [7, 11) is 0. The number of hydrogen-bond donors (Lipinski definition) is 1. The molecule has 2 aliphatic rings. The van der Waals surface area contributed by atoms with Crippen LogP contribution in [0.1, 0.15) is 18.0 Å². The number of hydrogen-bond acceptors (Lipinski definition) is 6. The second-order valence-electron chi connectivity index (χ2n) is 6.59. The molecule has 126 valence electrons. The van der Waals surface area contributed by atoms with Crippen molar-refractivity contribution in [2.24, 2.45) is 11.0 Å². The summed E-state index contributed by atoms with van der Waals surface area (Å²) >= 11 is 0. The van der Waals surface area contributed by atoms with E-state index < -0.39 is 6.10 Å². The van der Waals surface area contributed by atoms with Gasteiger partial charge in [-0.15, -0.1) is 10.2 Å². The van der Waals surface area contributed by atoms with Crippen LogP contribution < -0.4 is 5.56 Å². The van der Waals surface area contributed by atoms with Crippen LogP contribution >= 0.6 is 0 Å². The Labute approximate surface area is 139 Å². The Bertz CT molecular complexity index is 784. The van der Waals surface area contributed by atoms with E-state index in [1.807, 2.05) is 10.6 Å². The highest BCUT2D eigenvalue weighted by Gasteiger charge is 2.34. The van der Waals surface area contributed by atoms with E-state index in [2.05, 4.69) is 26.3 Å². The summed E-state index contributed by atoms with van der Waals surface area (Å²) in [5.41, 5.74) is 1.22. The van der Waals surface area contributed by atoms with Gasteiger partial charge in [0.05, 0.1) is 6.21 Å². The molecule has 0 saturated carbocycles. The van der Waals surface area contributed by atoms with Gasteiger partial charge in [-0.2, -0.15) is 5.10 Å². The van der Waals surface area contributed by atoms with Gasteiger partial charge in [-0.05, 0) is 18.4 Å². The lowest BCUT2D eigenvalue weighted by Crippen LogP contribution is -2.49. The van der Waals surface area contributed by atoms with Crippen LogP contribution in [0.5, 0.6) is 0 Å². The third-order valence-electron chi connectivity index (χ3n) is 4.78. The molecule has 2 aliphatic heterocycles. The quantitative estimate of drug-likeness (QED) is 0.782. The third kappa shape index (κ3) is 3.02. The molecule has 2 aromatic rings. The lowest BCUT2D eigenvalue weighted by molar-refractivity contribution is 0.0867. The topological polar surface area (TPSA) is 88.5 Å². The van der Waals surface area contributed by atoms with Crippen molar-refractivity contribution in [1.29, 1.82) is 0 Å². The van der Waals surface area contributed by atoms with E-state index in [-0.39, 0.29) is 5.56 Å². The maximum absolute atomic E-state index is 12.0. The minimum atomic E-state index is -0.649. The minimum absolute atomic E-state index is 0.0942. The second-order valence-corrected chi connectivity index (χ2v) is 6.59. The largest absolute Gasteiger partial charge is 0.386 e. The first-order chi connectivity index (χ1) is 11.7. The molecule has 4 heterocycles. The lowest BCUT2D eigenvalue weighted by atomic mass is 9.83. The Morgan fingerprint density at radius 2 is 2.12 bits per heavy atom. The third-order valence-corrected chi connectivity index (χ3v) is 4.78. The first kappa shape index (κ1) is 15.2. The molecule has 2 aromatic heterocycles. The number of β-amino-alcohol motifs (C(OH)–C–C–N with tert-alkyl or cyclic N) is 1. The molecule has 3 atom stereocenters. The van der Waals surface area contributed by atoms with Crippen LogP contribution in [-0.4, -0.2) is 61.4 Å². The zero-order chi connectivity index (χ0) is 16.5. The SMILES string of the molecule is O=c1cccc2n1C[C@H]1C[C@H]2CN(C[C@H](O)/C=N\n2cnnc2)C1. The van der Waals surface area contributed by atoms with Gasteiger partial charge in [0.2, 0.25) is 0 Å². The summed E-state index contributed by atoms with van der Waals surface area (Å²) in [5.74, 6) is 0.812. The summed E-state index contributed by atoms with van der Waals surface area (Å²) in [4.78, 5) is 14.3. The Kier molecular flexibility index (Phi) is 3.99. The predicted octanol–water partition coefficient (Wildman–Crippen LogP) is -0.246. The monoisotopic (exact) mass is 328 g/mol. The number of aliphatic hydroxyl groups excluding tert-OH is 1. The van der Waals surface area contributed by atoms with Crippen molar-refractivity contribution in [3.05, 3.63) is 46.9 Å². The minimum Gasteiger partial charge on any atom is -0.386 e. The van der Waals surface area contributed by atoms with Crippen LogP contribution in [0, 0.1) is 5.92 Å². The van der Waals surface area contributed by atoms with Crippen molar-refractivity contribution in [3.63, 3.8) is 0 Å². The van der Waals surface area contributed by atoms with Gasteiger partial charge < -0.3 is 9.67 Å². The van der Waals surface area contributed by atoms with E-state index in [1.165, 1.54) is 23.5 Å². The molecule has 1 saturated heterocycles. The van der Waals surface area contributed by atoms with Crippen LogP contribution in [0.15, 0.2) is 40.7 Å². The number of fused-ring (bicyclic) bond motifs is 4. The molecular weight excluding hydrogens is 308 g/mol. The number of likely N-dealkylation sites (tertiary alicyclic amines) is 1. The highest BCUT2D eigenvalue weighted by molar-refractivity contribution is 5.62. The first-order valence-corrected chi connectivity index (χ1v) is 8.18. The smallest absolute Gasteiger partial charge is 0.250 e. The summed E-state index contributed by atoms with van der Waals surface area (Å²) < 4.78 is 3.37. The fourth-order valence-corrected chi connectivity index (χ4v) is 3.87. The summed E-state index contributed by atoms with van der Waals surface area (Å²) in [6, 6.07) is 5.53. The highest BCUT2D eigenvalue weighted by Crippen LogP contribution is 2.34. The maximum atomic E-state index is 12.0. The van der Waals surface area contributed by atoms with Gasteiger partial charge in [-0.25, -0.2) is 4.68 Å². The van der Waals surface area contributed by atoms with Crippen molar-refractivity contribution >= 4 is 6.21 Å². The normalized spacial score (nSPS) is 24.9. The first-order valence-electron chi connectivity index (χ1n) is 8.18. The molecule has 0 spiro atoms. The molecule has 1 fully saturated rings. The van der Waals surface area contributed by atoms with Gasteiger partial charge in [-0.3, -0.25) is 9.69 Å². The maximum Gasteiger partial charge on any atom is 0.250 e. The van der Waals surface area contributed by atoms with Crippen molar-refractivity contribution in [2.45, 2.75) is 25.0 Å². The van der Waals surface area contributed by atoms with E-state index in [4.69, 9.17) is 0 Å². The molecule has 1 N–H and O–H groups in total. The summed E-state index contributed by atoms with van der Waals surface area (Å²) in [6.45, 7) is 3.06. The van der Waals surface area contributed by atoms with Gasteiger partial charge in [0, 0.05) is 43.9 Å². The number of aliphatic hydroxyl groups is 1. The van der Waals surface area contributed by atoms with Gasteiger partial charge in [0.1, 0.15) is 18.8 Å². The van der Waals surface area contributed by atoms with Crippen LogP contribution in [0.25, 0.3) is 0 Å². The number of rotatable bonds is 4. The summed E-state index contributed by atoms with van der Waals surface area (Å²) in [6.07, 6.45) is 4.92. The van der Waals surface area contributed by atoms with Crippen LogP contribution in [0.2, 0.25) is 0 Å². The molecule has 0 radical (unpaired) electrons.